The largest absolute Gasteiger partial charge is 0.481 e. The molecular formula is C10H12O4S2. The molecule has 6 heteroatoms. The summed E-state index contributed by atoms with van der Waals surface area (Å²) in [5.41, 5.74) is 0.686. The summed E-state index contributed by atoms with van der Waals surface area (Å²) in [4.78, 5) is 10.7. The number of hydrogen-bond acceptors (Lipinski definition) is 4. The second kappa shape index (κ2) is 3.85. The van der Waals surface area contributed by atoms with Gasteiger partial charge in [0.05, 0.1) is 11.7 Å². The number of carbonyl (C=O) groups is 1. The topological polar surface area (TPSA) is 71.4 Å². The SMILES string of the molecule is C[C@H]1C[C@@H](CC(=O)O)c2ccsc2S1(=O)=O. The second-order valence-corrected chi connectivity index (χ2v) is 7.53. The summed E-state index contributed by atoms with van der Waals surface area (Å²) in [6.45, 7) is 1.65. The molecule has 0 bridgehead atoms. The smallest absolute Gasteiger partial charge is 0.303 e. The van der Waals surface area contributed by atoms with Gasteiger partial charge in [-0.2, -0.15) is 0 Å². The standard InChI is InChI=1S/C10H12O4S2/c1-6-4-7(5-9(11)12)8-2-3-15-10(8)16(6,13)14/h2-3,6-7H,4-5H2,1H3,(H,11,12)/t6-,7-/m0/s1. The van der Waals surface area contributed by atoms with Crippen molar-refractivity contribution in [2.24, 2.45) is 0 Å². The lowest BCUT2D eigenvalue weighted by molar-refractivity contribution is -0.137. The number of rotatable bonds is 2. The van der Waals surface area contributed by atoms with E-state index in [4.69, 9.17) is 5.11 Å². The molecule has 2 rings (SSSR count). The molecule has 1 aromatic heterocycles. The van der Waals surface area contributed by atoms with E-state index < -0.39 is 21.1 Å². The van der Waals surface area contributed by atoms with Gasteiger partial charge in [0.25, 0.3) is 0 Å². The molecule has 0 spiro atoms. The summed E-state index contributed by atoms with van der Waals surface area (Å²) >= 11 is 1.19. The van der Waals surface area contributed by atoms with Crippen LogP contribution in [0.2, 0.25) is 0 Å². The Morgan fingerprint density at radius 3 is 2.94 bits per heavy atom. The molecule has 0 aliphatic carbocycles. The summed E-state index contributed by atoms with van der Waals surface area (Å²) in [7, 11) is -3.22. The first-order valence-electron chi connectivity index (χ1n) is 4.96. The average molecular weight is 260 g/mol. The molecule has 1 N–H and O–H groups in total. The van der Waals surface area contributed by atoms with E-state index in [1.807, 2.05) is 0 Å². The molecule has 0 saturated carbocycles. The van der Waals surface area contributed by atoms with Crippen molar-refractivity contribution in [2.75, 3.05) is 0 Å². The number of sulfone groups is 1. The van der Waals surface area contributed by atoms with Crippen molar-refractivity contribution in [1.29, 1.82) is 0 Å². The summed E-state index contributed by atoms with van der Waals surface area (Å²) in [5.74, 6) is -1.05. The third kappa shape index (κ3) is 1.76. The first-order valence-corrected chi connectivity index (χ1v) is 7.38. The summed E-state index contributed by atoms with van der Waals surface area (Å²) in [6.07, 6.45) is 0.405. The summed E-state index contributed by atoms with van der Waals surface area (Å²) < 4.78 is 24.3. The van der Waals surface area contributed by atoms with Crippen LogP contribution in [0.1, 0.15) is 31.2 Å². The Bertz CT molecular complexity index is 515. The fourth-order valence-electron chi connectivity index (χ4n) is 2.08. The Hall–Kier alpha value is -0.880. The Labute approximate surface area is 97.8 Å². The predicted octanol–water partition coefficient (Wildman–Crippen LogP) is 1.87. The van der Waals surface area contributed by atoms with Gasteiger partial charge in [0.1, 0.15) is 4.21 Å². The van der Waals surface area contributed by atoms with Gasteiger partial charge in [-0.15, -0.1) is 11.3 Å². The maximum Gasteiger partial charge on any atom is 0.303 e. The molecule has 16 heavy (non-hydrogen) atoms. The first kappa shape index (κ1) is 11.6. The van der Waals surface area contributed by atoms with Crippen LogP contribution in [0, 0.1) is 0 Å². The van der Waals surface area contributed by atoms with E-state index in [-0.39, 0.29) is 12.3 Å². The van der Waals surface area contributed by atoms with Crippen LogP contribution in [0.3, 0.4) is 0 Å². The number of aliphatic carboxylic acids is 1. The minimum atomic E-state index is -3.22. The van der Waals surface area contributed by atoms with E-state index in [0.717, 1.165) is 0 Å². The van der Waals surface area contributed by atoms with Crippen molar-refractivity contribution in [3.8, 4) is 0 Å². The van der Waals surface area contributed by atoms with Crippen molar-refractivity contribution in [1.82, 2.24) is 0 Å². The van der Waals surface area contributed by atoms with E-state index in [0.29, 0.717) is 16.2 Å². The molecule has 0 fully saturated rings. The van der Waals surface area contributed by atoms with Crippen molar-refractivity contribution < 1.29 is 18.3 Å². The highest BCUT2D eigenvalue weighted by molar-refractivity contribution is 7.94. The fourth-order valence-corrected chi connectivity index (χ4v) is 5.40. The highest BCUT2D eigenvalue weighted by Crippen LogP contribution is 2.42. The Morgan fingerprint density at radius 2 is 2.31 bits per heavy atom. The average Bonchev–Trinajstić information content (AvgIpc) is 2.62. The molecule has 0 unspecified atom stereocenters. The second-order valence-electron chi connectivity index (χ2n) is 4.05. The molecule has 2 heterocycles. The molecule has 0 radical (unpaired) electrons. The molecule has 0 saturated heterocycles. The lowest BCUT2D eigenvalue weighted by atomic mass is 9.93. The third-order valence-corrected chi connectivity index (χ3v) is 6.64. The Balaban J connectivity index is 2.46. The zero-order chi connectivity index (χ0) is 11.9. The number of hydrogen-bond donors (Lipinski definition) is 1. The predicted molar refractivity (Wildman–Crippen MR) is 60.6 cm³/mol. The van der Waals surface area contributed by atoms with Gasteiger partial charge in [0, 0.05) is 0 Å². The van der Waals surface area contributed by atoms with E-state index in [1.165, 1.54) is 11.3 Å². The van der Waals surface area contributed by atoms with Crippen molar-refractivity contribution >= 4 is 27.1 Å². The molecule has 1 aromatic rings. The van der Waals surface area contributed by atoms with Gasteiger partial charge in [-0.05, 0) is 36.3 Å². The zero-order valence-electron chi connectivity index (χ0n) is 8.71. The molecule has 4 nitrogen and oxygen atoms in total. The van der Waals surface area contributed by atoms with Crippen LogP contribution in [-0.2, 0) is 14.6 Å². The number of carboxylic acids is 1. The quantitative estimate of drug-likeness (QED) is 0.881. The summed E-state index contributed by atoms with van der Waals surface area (Å²) in [6, 6.07) is 1.73. The van der Waals surface area contributed by atoms with E-state index in [1.54, 1.807) is 18.4 Å². The minimum absolute atomic E-state index is 0.00356. The number of fused-ring (bicyclic) bond motifs is 1. The normalized spacial score (nSPS) is 27.3. The van der Waals surface area contributed by atoms with E-state index in [9.17, 15) is 13.2 Å². The van der Waals surface area contributed by atoms with E-state index in [2.05, 4.69) is 0 Å². The lowest BCUT2D eigenvalue weighted by Gasteiger charge is -2.26. The van der Waals surface area contributed by atoms with Gasteiger partial charge in [0.15, 0.2) is 9.84 Å². The van der Waals surface area contributed by atoms with Gasteiger partial charge in [-0.1, -0.05) is 0 Å². The van der Waals surface area contributed by atoms with Crippen LogP contribution in [0.25, 0.3) is 0 Å². The molecular weight excluding hydrogens is 248 g/mol. The van der Waals surface area contributed by atoms with Crippen LogP contribution in [0.5, 0.6) is 0 Å². The van der Waals surface area contributed by atoms with Crippen LogP contribution in [0.15, 0.2) is 15.7 Å². The van der Waals surface area contributed by atoms with Gasteiger partial charge in [-0.3, -0.25) is 4.79 Å². The van der Waals surface area contributed by atoms with E-state index >= 15 is 0 Å². The van der Waals surface area contributed by atoms with Crippen molar-refractivity contribution in [3.63, 3.8) is 0 Å². The lowest BCUT2D eigenvalue weighted by Crippen LogP contribution is -2.27. The molecule has 2 atom stereocenters. The fraction of sp³-hybridized carbons (Fsp3) is 0.500. The molecule has 88 valence electrons. The highest BCUT2D eigenvalue weighted by Gasteiger charge is 2.37. The van der Waals surface area contributed by atoms with Crippen molar-refractivity contribution in [2.45, 2.75) is 35.1 Å². The van der Waals surface area contributed by atoms with Crippen molar-refractivity contribution in [3.05, 3.63) is 17.0 Å². The molecule has 0 amide bonds. The van der Waals surface area contributed by atoms with Crippen LogP contribution in [-0.4, -0.2) is 24.7 Å². The van der Waals surface area contributed by atoms with Crippen LogP contribution >= 0.6 is 11.3 Å². The monoisotopic (exact) mass is 260 g/mol. The summed E-state index contributed by atoms with van der Waals surface area (Å²) in [5, 5.41) is 10.0. The first-order chi connectivity index (χ1) is 7.43. The maximum absolute atomic E-state index is 12.0. The van der Waals surface area contributed by atoms with Gasteiger partial charge in [0.2, 0.25) is 0 Å². The molecule has 0 aromatic carbocycles. The number of carboxylic acid groups (broad SMARTS) is 1. The van der Waals surface area contributed by atoms with Crippen LogP contribution in [0.4, 0.5) is 0 Å². The zero-order valence-corrected chi connectivity index (χ0v) is 10.3. The van der Waals surface area contributed by atoms with Gasteiger partial charge < -0.3 is 5.11 Å². The maximum atomic E-state index is 12.0. The molecule has 1 aliphatic rings. The van der Waals surface area contributed by atoms with Gasteiger partial charge >= 0.3 is 5.97 Å². The number of thiophene rings is 1. The molecule has 1 aliphatic heterocycles. The van der Waals surface area contributed by atoms with Crippen LogP contribution < -0.4 is 0 Å². The Morgan fingerprint density at radius 1 is 1.62 bits per heavy atom. The highest BCUT2D eigenvalue weighted by atomic mass is 32.2. The Kier molecular flexibility index (Phi) is 2.79. The van der Waals surface area contributed by atoms with Gasteiger partial charge in [-0.25, -0.2) is 8.42 Å². The third-order valence-electron chi connectivity index (χ3n) is 2.92. The minimum Gasteiger partial charge on any atom is -0.481 e.